The van der Waals surface area contributed by atoms with Crippen LogP contribution in [0.15, 0.2) is 30.2 Å². The zero-order valence-electron chi connectivity index (χ0n) is 10.4. The highest BCUT2D eigenvalue weighted by Gasteiger charge is 2.09. The van der Waals surface area contributed by atoms with Crippen molar-refractivity contribution < 1.29 is 0 Å². The van der Waals surface area contributed by atoms with Gasteiger partial charge in [0.2, 0.25) is 0 Å². The summed E-state index contributed by atoms with van der Waals surface area (Å²) in [5.41, 5.74) is 3.26. The molecule has 0 saturated heterocycles. The lowest BCUT2D eigenvalue weighted by Crippen LogP contribution is -2.15. The van der Waals surface area contributed by atoms with E-state index in [2.05, 4.69) is 40.3 Å². The first kappa shape index (κ1) is 12.3. The average Bonchev–Trinajstić information content (AvgIpc) is 2.98. The molecule has 2 rings (SSSR count). The van der Waals surface area contributed by atoms with Crippen LogP contribution < -0.4 is 5.32 Å². The Morgan fingerprint density at radius 2 is 2.41 bits per heavy atom. The van der Waals surface area contributed by atoms with Crippen molar-refractivity contribution in [3.8, 4) is 0 Å². The van der Waals surface area contributed by atoms with Gasteiger partial charge in [-0.1, -0.05) is 13.3 Å². The molecule has 0 amide bonds. The van der Waals surface area contributed by atoms with Crippen LogP contribution in [-0.2, 0) is 6.54 Å². The summed E-state index contributed by atoms with van der Waals surface area (Å²) in [4.78, 5) is 5.39. The molecule has 0 fully saturated rings. The van der Waals surface area contributed by atoms with Gasteiger partial charge in [0.15, 0.2) is 0 Å². The van der Waals surface area contributed by atoms with E-state index in [9.17, 15) is 0 Å². The van der Waals surface area contributed by atoms with E-state index >= 15 is 0 Å². The maximum Gasteiger partial charge on any atom is 0.0794 e. The Labute approximate surface area is 107 Å². The lowest BCUT2D eigenvalue weighted by Gasteiger charge is -2.13. The first-order valence-corrected chi connectivity index (χ1v) is 6.91. The van der Waals surface area contributed by atoms with Crippen LogP contribution in [0, 0.1) is 0 Å². The number of nitrogens with zero attached hydrogens (tertiary/aromatic N) is 2. The molecule has 0 spiro atoms. The number of nitrogens with one attached hydrogen (secondary N) is 1. The molecule has 0 saturated carbocycles. The molecule has 0 aromatic carbocycles. The van der Waals surface area contributed by atoms with Gasteiger partial charge in [-0.3, -0.25) is 4.98 Å². The molecule has 17 heavy (non-hydrogen) atoms. The topological polar surface area (TPSA) is 29.9 Å². The van der Waals surface area contributed by atoms with Crippen LogP contribution in [0.25, 0.3) is 0 Å². The SMILES string of the molecule is CCCC(NC)c1ccn(Cc2cncs2)c1. The molecule has 0 radical (unpaired) electrons. The van der Waals surface area contributed by atoms with E-state index in [-0.39, 0.29) is 0 Å². The standard InChI is InChI=1S/C13H19N3S/c1-3-4-13(14-2)11-5-6-16(8-11)9-12-7-15-10-17-12/h5-8,10,13-14H,3-4,9H2,1-2H3. The van der Waals surface area contributed by atoms with Crippen molar-refractivity contribution in [3.05, 3.63) is 40.6 Å². The molecule has 1 unspecified atom stereocenters. The normalized spacial score (nSPS) is 12.8. The summed E-state index contributed by atoms with van der Waals surface area (Å²) < 4.78 is 2.23. The number of hydrogen-bond acceptors (Lipinski definition) is 3. The molecule has 2 heterocycles. The van der Waals surface area contributed by atoms with Crippen LogP contribution in [0.3, 0.4) is 0 Å². The Kier molecular flexibility index (Phi) is 4.34. The number of aromatic nitrogens is 2. The van der Waals surface area contributed by atoms with E-state index in [1.54, 1.807) is 11.3 Å². The predicted molar refractivity (Wildman–Crippen MR) is 72.4 cm³/mol. The number of rotatable bonds is 6. The van der Waals surface area contributed by atoms with Crippen molar-refractivity contribution in [1.82, 2.24) is 14.9 Å². The molecule has 1 N–H and O–H groups in total. The van der Waals surface area contributed by atoms with Gasteiger partial charge in [0, 0.05) is 29.5 Å². The number of thiazole rings is 1. The molecule has 2 aromatic rings. The summed E-state index contributed by atoms with van der Waals surface area (Å²) in [7, 11) is 2.03. The Hall–Kier alpha value is -1.13. The monoisotopic (exact) mass is 249 g/mol. The highest BCUT2D eigenvalue weighted by Crippen LogP contribution is 2.19. The van der Waals surface area contributed by atoms with Gasteiger partial charge in [-0.15, -0.1) is 11.3 Å². The third kappa shape index (κ3) is 3.17. The molecule has 0 aliphatic heterocycles. The first-order chi connectivity index (χ1) is 8.33. The van der Waals surface area contributed by atoms with Gasteiger partial charge in [-0.25, -0.2) is 0 Å². The zero-order chi connectivity index (χ0) is 12.1. The minimum absolute atomic E-state index is 0.475. The first-order valence-electron chi connectivity index (χ1n) is 6.03. The number of hydrogen-bond donors (Lipinski definition) is 1. The van der Waals surface area contributed by atoms with Crippen LogP contribution in [0.1, 0.15) is 36.2 Å². The fourth-order valence-electron chi connectivity index (χ4n) is 2.03. The molecule has 1 atom stereocenters. The fraction of sp³-hybridized carbons (Fsp3) is 0.462. The second-order valence-corrected chi connectivity index (χ2v) is 5.19. The molecular weight excluding hydrogens is 230 g/mol. The highest BCUT2D eigenvalue weighted by atomic mass is 32.1. The van der Waals surface area contributed by atoms with Crippen molar-refractivity contribution in [2.45, 2.75) is 32.4 Å². The quantitative estimate of drug-likeness (QED) is 0.852. The van der Waals surface area contributed by atoms with Crippen LogP contribution in [-0.4, -0.2) is 16.6 Å². The van der Waals surface area contributed by atoms with Crippen molar-refractivity contribution in [1.29, 1.82) is 0 Å². The maximum absolute atomic E-state index is 4.10. The molecule has 0 aliphatic rings. The smallest absolute Gasteiger partial charge is 0.0794 e. The Morgan fingerprint density at radius 1 is 1.53 bits per heavy atom. The van der Waals surface area contributed by atoms with Gasteiger partial charge in [0.1, 0.15) is 0 Å². The summed E-state index contributed by atoms with van der Waals surface area (Å²) >= 11 is 1.70. The molecule has 4 heteroatoms. The largest absolute Gasteiger partial charge is 0.349 e. The van der Waals surface area contributed by atoms with Crippen LogP contribution in [0.4, 0.5) is 0 Å². The summed E-state index contributed by atoms with van der Waals surface area (Å²) in [6.45, 7) is 3.14. The van der Waals surface area contributed by atoms with Gasteiger partial charge in [-0.05, 0) is 25.1 Å². The van der Waals surface area contributed by atoms with Gasteiger partial charge < -0.3 is 9.88 Å². The zero-order valence-corrected chi connectivity index (χ0v) is 11.2. The Bertz CT molecular complexity index is 433. The van der Waals surface area contributed by atoms with Crippen LogP contribution >= 0.6 is 11.3 Å². The fourth-order valence-corrected chi connectivity index (χ4v) is 2.63. The molecule has 0 aliphatic carbocycles. The predicted octanol–water partition coefficient (Wildman–Crippen LogP) is 3.05. The van der Waals surface area contributed by atoms with Gasteiger partial charge in [0.05, 0.1) is 12.1 Å². The van der Waals surface area contributed by atoms with Crippen molar-refractivity contribution in [3.63, 3.8) is 0 Å². The molecular formula is C13H19N3S. The average molecular weight is 249 g/mol. The van der Waals surface area contributed by atoms with E-state index in [1.165, 1.54) is 23.3 Å². The van der Waals surface area contributed by atoms with E-state index in [1.807, 2.05) is 18.8 Å². The molecule has 92 valence electrons. The van der Waals surface area contributed by atoms with E-state index < -0.39 is 0 Å². The minimum Gasteiger partial charge on any atom is -0.349 e. The third-order valence-electron chi connectivity index (χ3n) is 2.92. The van der Waals surface area contributed by atoms with E-state index in [0.29, 0.717) is 6.04 Å². The molecule has 0 bridgehead atoms. The summed E-state index contributed by atoms with van der Waals surface area (Å²) in [5, 5.41) is 3.37. The second-order valence-electron chi connectivity index (χ2n) is 4.21. The van der Waals surface area contributed by atoms with E-state index in [0.717, 1.165) is 6.54 Å². The van der Waals surface area contributed by atoms with Crippen molar-refractivity contribution in [2.24, 2.45) is 0 Å². The Balaban J connectivity index is 2.04. The minimum atomic E-state index is 0.475. The van der Waals surface area contributed by atoms with E-state index in [4.69, 9.17) is 0 Å². The summed E-state index contributed by atoms with van der Waals surface area (Å²) in [5.74, 6) is 0. The summed E-state index contributed by atoms with van der Waals surface area (Å²) in [6.07, 6.45) is 8.70. The third-order valence-corrected chi connectivity index (χ3v) is 3.69. The van der Waals surface area contributed by atoms with Gasteiger partial charge in [-0.2, -0.15) is 0 Å². The Morgan fingerprint density at radius 3 is 3.06 bits per heavy atom. The van der Waals surface area contributed by atoms with Gasteiger partial charge in [0.25, 0.3) is 0 Å². The lowest BCUT2D eigenvalue weighted by atomic mass is 10.1. The maximum atomic E-state index is 4.10. The van der Waals surface area contributed by atoms with Crippen LogP contribution in [0.5, 0.6) is 0 Å². The van der Waals surface area contributed by atoms with Crippen molar-refractivity contribution >= 4 is 11.3 Å². The lowest BCUT2D eigenvalue weighted by molar-refractivity contribution is 0.540. The highest BCUT2D eigenvalue weighted by molar-refractivity contribution is 7.09. The summed E-state index contributed by atoms with van der Waals surface area (Å²) in [6, 6.07) is 2.68. The van der Waals surface area contributed by atoms with Crippen LogP contribution in [0.2, 0.25) is 0 Å². The molecule has 3 nitrogen and oxygen atoms in total. The van der Waals surface area contributed by atoms with Gasteiger partial charge >= 0.3 is 0 Å². The molecule has 2 aromatic heterocycles. The van der Waals surface area contributed by atoms with Crippen molar-refractivity contribution in [2.75, 3.05) is 7.05 Å². The second kappa shape index (κ2) is 5.98.